The Bertz CT molecular complexity index is 926. The van der Waals surface area contributed by atoms with E-state index in [4.69, 9.17) is 0 Å². The average molecular weight is 393 g/mol. The fraction of sp³-hybridized carbons (Fsp3) is 0.375. The summed E-state index contributed by atoms with van der Waals surface area (Å²) >= 11 is 1.64. The van der Waals surface area contributed by atoms with Gasteiger partial charge in [0, 0.05) is 30.4 Å². The van der Waals surface area contributed by atoms with Crippen molar-refractivity contribution in [1.82, 2.24) is 10.2 Å². The number of fused-ring (bicyclic) bond motifs is 1. The molecule has 1 N–H and O–H groups in total. The van der Waals surface area contributed by atoms with E-state index in [-0.39, 0.29) is 11.9 Å². The zero-order chi connectivity index (χ0) is 19.3. The second-order valence-electron chi connectivity index (χ2n) is 7.67. The Labute approximate surface area is 171 Å². The van der Waals surface area contributed by atoms with Crippen LogP contribution < -0.4 is 5.32 Å². The number of carbonyl (C=O) groups excluding carboxylic acids is 1. The Balaban J connectivity index is 1.38. The highest BCUT2D eigenvalue weighted by molar-refractivity contribution is 7.21. The first-order valence-corrected chi connectivity index (χ1v) is 11.1. The number of amides is 1. The molecule has 2 aromatic carbocycles. The van der Waals surface area contributed by atoms with Crippen molar-refractivity contribution in [3.63, 3.8) is 0 Å². The van der Waals surface area contributed by atoms with Gasteiger partial charge in [-0.1, -0.05) is 61.9 Å². The van der Waals surface area contributed by atoms with Gasteiger partial charge in [0.25, 0.3) is 5.91 Å². The van der Waals surface area contributed by atoms with Crippen LogP contribution in [0.15, 0.2) is 54.6 Å². The number of thiophene rings is 1. The van der Waals surface area contributed by atoms with E-state index in [1.165, 1.54) is 21.2 Å². The highest BCUT2D eigenvalue weighted by atomic mass is 32.1. The zero-order valence-electron chi connectivity index (χ0n) is 16.5. The topological polar surface area (TPSA) is 32.3 Å². The summed E-state index contributed by atoms with van der Waals surface area (Å²) in [6.45, 7) is 5.25. The number of carbonyl (C=O) groups is 1. The van der Waals surface area contributed by atoms with Crippen molar-refractivity contribution in [3.05, 3.63) is 70.6 Å². The molecule has 1 aliphatic heterocycles. The molecule has 1 amide bonds. The lowest BCUT2D eigenvalue weighted by atomic mass is 10.0. The number of rotatable bonds is 6. The van der Waals surface area contributed by atoms with Crippen molar-refractivity contribution >= 4 is 27.3 Å². The molecular weight excluding hydrogens is 364 g/mol. The van der Waals surface area contributed by atoms with Crippen LogP contribution in [-0.4, -0.2) is 29.9 Å². The zero-order valence-corrected chi connectivity index (χ0v) is 17.3. The van der Waals surface area contributed by atoms with Crippen molar-refractivity contribution < 1.29 is 4.79 Å². The van der Waals surface area contributed by atoms with E-state index >= 15 is 0 Å². The van der Waals surface area contributed by atoms with Gasteiger partial charge < -0.3 is 5.32 Å². The fourth-order valence-corrected chi connectivity index (χ4v) is 5.26. The molecule has 4 rings (SSSR count). The number of piperidine rings is 1. The van der Waals surface area contributed by atoms with Crippen LogP contribution in [0.2, 0.25) is 0 Å². The fourth-order valence-electron chi connectivity index (χ4n) is 4.11. The van der Waals surface area contributed by atoms with Gasteiger partial charge in [0.2, 0.25) is 0 Å². The smallest absolute Gasteiger partial charge is 0.261 e. The lowest BCUT2D eigenvalue weighted by Gasteiger charge is -2.32. The van der Waals surface area contributed by atoms with Crippen LogP contribution in [0.25, 0.3) is 10.1 Å². The molecule has 4 heteroatoms. The number of hydrogen-bond acceptors (Lipinski definition) is 3. The molecule has 3 nitrogen and oxygen atoms in total. The first-order valence-electron chi connectivity index (χ1n) is 10.3. The highest BCUT2D eigenvalue weighted by Gasteiger charge is 2.24. The third-order valence-electron chi connectivity index (χ3n) is 5.58. The maximum Gasteiger partial charge on any atom is 0.261 e. The minimum atomic E-state index is 0.117. The van der Waals surface area contributed by atoms with Gasteiger partial charge >= 0.3 is 0 Å². The van der Waals surface area contributed by atoms with E-state index in [9.17, 15) is 4.79 Å². The largest absolute Gasteiger partial charge is 0.349 e. The van der Waals surface area contributed by atoms with Gasteiger partial charge in [-0.2, -0.15) is 0 Å². The van der Waals surface area contributed by atoms with Crippen molar-refractivity contribution in [1.29, 1.82) is 0 Å². The molecule has 0 radical (unpaired) electrons. The summed E-state index contributed by atoms with van der Waals surface area (Å²) in [7, 11) is 0. The van der Waals surface area contributed by atoms with Crippen LogP contribution >= 0.6 is 11.3 Å². The number of hydrogen-bond donors (Lipinski definition) is 1. The lowest BCUT2D eigenvalue weighted by molar-refractivity contribution is 0.0912. The number of nitrogens with one attached hydrogen (secondary N) is 1. The standard InChI is InChI=1S/C24H28N2OS/c1-2-8-21-20-11-6-7-12-22(20)28-23(21)24(27)25-19-13-15-26(16-14-19)17-18-9-4-3-5-10-18/h3-7,9-12,19H,2,8,13-17H2,1H3,(H,25,27). The van der Waals surface area contributed by atoms with Crippen LogP contribution in [0.3, 0.4) is 0 Å². The summed E-state index contributed by atoms with van der Waals surface area (Å²) in [4.78, 5) is 16.4. The third kappa shape index (κ3) is 4.29. The molecule has 2 heterocycles. The predicted octanol–water partition coefficient (Wildman–Crippen LogP) is 5.25. The van der Waals surface area contributed by atoms with E-state index in [2.05, 4.69) is 71.7 Å². The van der Waals surface area contributed by atoms with Gasteiger partial charge in [0.1, 0.15) is 0 Å². The maximum absolute atomic E-state index is 13.0. The van der Waals surface area contributed by atoms with Gasteiger partial charge in [-0.15, -0.1) is 11.3 Å². The van der Waals surface area contributed by atoms with Crippen molar-refractivity contribution in [3.8, 4) is 0 Å². The first kappa shape index (κ1) is 19.2. The molecule has 1 saturated heterocycles. The van der Waals surface area contributed by atoms with Gasteiger partial charge in [-0.3, -0.25) is 9.69 Å². The summed E-state index contributed by atoms with van der Waals surface area (Å²) in [6, 6.07) is 19.3. The second-order valence-corrected chi connectivity index (χ2v) is 8.72. The molecule has 0 atom stereocenters. The predicted molar refractivity (Wildman–Crippen MR) is 118 cm³/mol. The number of aryl methyl sites for hydroxylation is 1. The molecule has 0 spiro atoms. The summed E-state index contributed by atoms with van der Waals surface area (Å²) in [6.07, 6.45) is 4.06. The Kier molecular flexibility index (Phi) is 6.08. The maximum atomic E-state index is 13.0. The summed E-state index contributed by atoms with van der Waals surface area (Å²) in [5.74, 6) is 0.117. The van der Waals surface area contributed by atoms with Gasteiger partial charge in [-0.05, 0) is 41.8 Å². The van der Waals surface area contributed by atoms with E-state index in [0.717, 1.165) is 50.2 Å². The highest BCUT2D eigenvalue weighted by Crippen LogP contribution is 2.32. The number of nitrogens with zero attached hydrogens (tertiary/aromatic N) is 1. The summed E-state index contributed by atoms with van der Waals surface area (Å²) in [5, 5.41) is 4.57. The molecule has 1 aromatic heterocycles. The summed E-state index contributed by atoms with van der Waals surface area (Å²) < 4.78 is 1.22. The van der Waals surface area contributed by atoms with E-state index < -0.39 is 0 Å². The van der Waals surface area contributed by atoms with Crippen LogP contribution in [-0.2, 0) is 13.0 Å². The van der Waals surface area contributed by atoms with E-state index in [1.807, 2.05) is 0 Å². The normalized spacial score (nSPS) is 15.8. The molecule has 28 heavy (non-hydrogen) atoms. The van der Waals surface area contributed by atoms with Crippen LogP contribution in [0.4, 0.5) is 0 Å². The molecule has 146 valence electrons. The quantitative estimate of drug-likeness (QED) is 0.621. The minimum Gasteiger partial charge on any atom is -0.349 e. The molecule has 0 aliphatic carbocycles. The number of benzene rings is 2. The van der Waals surface area contributed by atoms with Crippen LogP contribution in [0, 0.1) is 0 Å². The van der Waals surface area contributed by atoms with Crippen molar-refractivity contribution in [2.24, 2.45) is 0 Å². The van der Waals surface area contributed by atoms with Gasteiger partial charge in [0.15, 0.2) is 0 Å². The molecular formula is C24H28N2OS. The molecule has 0 bridgehead atoms. The van der Waals surface area contributed by atoms with Crippen LogP contribution in [0.1, 0.15) is 47.0 Å². The monoisotopic (exact) mass is 392 g/mol. The Hall–Kier alpha value is -2.17. The third-order valence-corrected chi connectivity index (χ3v) is 6.79. The minimum absolute atomic E-state index is 0.117. The molecule has 1 aliphatic rings. The van der Waals surface area contributed by atoms with E-state index in [0.29, 0.717) is 0 Å². The average Bonchev–Trinajstić information content (AvgIpc) is 3.09. The number of likely N-dealkylation sites (tertiary alicyclic amines) is 1. The molecule has 3 aromatic rings. The lowest BCUT2D eigenvalue weighted by Crippen LogP contribution is -2.44. The van der Waals surface area contributed by atoms with Gasteiger partial charge in [-0.25, -0.2) is 0 Å². The summed E-state index contributed by atoms with van der Waals surface area (Å²) in [5.41, 5.74) is 2.58. The first-order chi connectivity index (χ1) is 13.7. The van der Waals surface area contributed by atoms with Crippen molar-refractivity contribution in [2.75, 3.05) is 13.1 Å². The Morgan fingerprint density at radius 3 is 2.54 bits per heavy atom. The molecule has 0 unspecified atom stereocenters. The Morgan fingerprint density at radius 2 is 1.79 bits per heavy atom. The Morgan fingerprint density at radius 1 is 1.07 bits per heavy atom. The second kappa shape index (κ2) is 8.89. The van der Waals surface area contributed by atoms with Crippen LogP contribution in [0.5, 0.6) is 0 Å². The SMILES string of the molecule is CCCc1c(C(=O)NC2CCN(Cc3ccccc3)CC2)sc2ccccc12. The molecule has 1 fully saturated rings. The van der Waals surface area contributed by atoms with E-state index in [1.54, 1.807) is 11.3 Å². The molecule has 0 saturated carbocycles. The van der Waals surface area contributed by atoms with Gasteiger partial charge in [0.05, 0.1) is 4.88 Å². The van der Waals surface area contributed by atoms with Crippen molar-refractivity contribution in [2.45, 2.75) is 45.2 Å².